The molecule has 0 aromatic heterocycles. The molecule has 10 heteroatoms. The van der Waals surface area contributed by atoms with Crippen molar-refractivity contribution in [3.05, 3.63) is 89.5 Å². The van der Waals surface area contributed by atoms with E-state index in [9.17, 15) is 24.0 Å². The zero-order valence-corrected chi connectivity index (χ0v) is 19.9. The number of hydrogen-bond donors (Lipinski definition) is 2. The molecule has 37 heavy (non-hydrogen) atoms. The van der Waals surface area contributed by atoms with Crippen molar-refractivity contribution in [3.8, 4) is 5.75 Å². The summed E-state index contributed by atoms with van der Waals surface area (Å²) in [6, 6.07) is 19.0. The summed E-state index contributed by atoms with van der Waals surface area (Å²) in [6.45, 7) is 1.76. The van der Waals surface area contributed by atoms with Crippen molar-refractivity contribution in [2.45, 2.75) is 13.3 Å². The van der Waals surface area contributed by atoms with Gasteiger partial charge in [0.05, 0.1) is 29.1 Å². The second-order valence-electron chi connectivity index (χ2n) is 7.91. The standard InChI is InChI=1S/C27H23N3O7/c1-2-36-27(35)37-18-13-11-17(12-14-18)24(32)29-22-10-6-5-9-21(22)28-23(31)15-16-30-25(33)19-7-3-4-8-20(19)26(30)34/h3-14H,2,15-16H2,1H3,(H,28,31)(H,29,32). The summed E-state index contributed by atoms with van der Waals surface area (Å²) in [7, 11) is 0. The van der Waals surface area contributed by atoms with Crippen LogP contribution in [0.25, 0.3) is 0 Å². The van der Waals surface area contributed by atoms with Gasteiger partial charge in [0, 0.05) is 18.5 Å². The third kappa shape index (κ3) is 5.81. The summed E-state index contributed by atoms with van der Waals surface area (Å²) >= 11 is 0. The highest BCUT2D eigenvalue weighted by Crippen LogP contribution is 2.24. The number of amides is 4. The van der Waals surface area contributed by atoms with Crippen molar-refractivity contribution in [3.63, 3.8) is 0 Å². The second kappa shape index (κ2) is 11.2. The lowest BCUT2D eigenvalue weighted by Gasteiger charge is -2.15. The molecule has 1 heterocycles. The first kappa shape index (κ1) is 25.1. The Morgan fingerprint density at radius 1 is 0.784 bits per heavy atom. The van der Waals surface area contributed by atoms with Crippen molar-refractivity contribution in [2.75, 3.05) is 23.8 Å². The Balaban J connectivity index is 1.35. The lowest BCUT2D eigenvalue weighted by atomic mass is 10.1. The first-order valence-corrected chi connectivity index (χ1v) is 11.5. The van der Waals surface area contributed by atoms with E-state index in [1.54, 1.807) is 55.5 Å². The number of fused-ring (bicyclic) bond motifs is 1. The maximum absolute atomic E-state index is 12.7. The summed E-state index contributed by atoms with van der Waals surface area (Å²) in [5.74, 6) is -1.52. The molecular weight excluding hydrogens is 478 g/mol. The van der Waals surface area contributed by atoms with Crippen molar-refractivity contribution < 1.29 is 33.4 Å². The van der Waals surface area contributed by atoms with Crippen LogP contribution in [-0.4, -0.2) is 47.8 Å². The normalized spacial score (nSPS) is 12.1. The fourth-order valence-corrected chi connectivity index (χ4v) is 3.68. The van der Waals surface area contributed by atoms with Crippen LogP contribution >= 0.6 is 0 Å². The Morgan fingerprint density at radius 3 is 1.95 bits per heavy atom. The van der Waals surface area contributed by atoms with E-state index in [1.165, 1.54) is 24.3 Å². The van der Waals surface area contributed by atoms with E-state index >= 15 is 0 Å². The minimum atomic E-state index is -0.840. The number of nitrogens with zero attached hydrogens (tertiary/aromatic N) is 1. The zero-order chi connectivity index (χ0) is 26.4. The quantitative estimate of drug-likeness (QED) is 0.270. The minimum Gasteiger partial charge on any atom is -0.434 e. The molecule has 3 aromatic rings. The largest absolute Gasteiger partial charge is 0.513 e. The van der Waals surface area contributed by atoms with Crippen LogP contribution in [0.2, 0.25) is 0 Å². The van der Waals surface area contributed by atoms with Gasteiger partial charge in [-0.15, -0.1) is 0 Å². The number of imide groups is 1. The summed E-state index contributed by atoms with van der Waals surface area (Å²) in [6.07, 6.45) is -0.956. The Labute approximate surface area is 212 Å². The highest BCUT2D eigenvalue weighted by molar-refractivity contribution is 6.21. The second-order valence-corrected chi connectivity index (χ2v) is 7.91. The molecule has 1 aliphatic heterocycles. The van der Waals surface area contributed by atoms with Gasteiger partial charge in [-0.2, -0.15) is 0 Å². The van der Waals surface area contributed by atoms with E-state index in [-0.39, 0.29) is 25.3 Å². The lowest BCUT2D eigenvalue weighted by Crippen LogP contribution is -2.33. The van der Waals surface area contributed by atoms with Crippen LogP contribution in [0.5, 0.6) is 5.75 Å². The van der Waals surface area contributed by atoms with E-state index < -0.39 is 29.8 Å². The molecule has 0 atom stereocenters. The predicted molar refractivity (Wildman–Crippen MR) is 134 cm³/mol. The number of carbonyl (C=O) groups is 5. The van der Waals surface area contributed by atoms with Gasteiger partial charge in [0.1, 0.15) is 5.75 Å². The minimum absolute atomic E-state index is 0.0765. The predicted octanol–water partition coefficient (Wildman–Crippen LogP) is 4.10. The summed E-state index contributed by atoms with van der Waals surface area (Å²) in [4.78, 5) is 62.8. The average molecular weight is 501 g/mol. The van der Waals surface area contributed by atoms with Crippen LogP contribution in [0.4, 0.5) is 16.2 Å². The molecule has 0 aliphatic carbocycles. The van der Waals surface area contributed by atoms with Gasteiger partial charge < -0.3 is 20.1 Å². The Kier molecular flexibility index (Phi) is 7.58. The third-order valence-corrected chi connectivity index (χ3v) is 5.47. The van der Waals surface area contributed by atoms with Gasteiger partial charge in [-0.3, -0.25) is 24.1 Å². The molecule has 0 bridgehead atoms. The van der Waals surface area contributed by atoms with Gasteiger partial charge in [0.15, 0.2) is 0 Å². The fraction of sp³-hybridized carbons (Fsp3) is 0.148. The van der Waals surface area contributed by atoms with Crippen LogP contribution in [0.1, 0.15) is 44.4 Å². The Hall–Kier alpha value is -4.99. The molecule has 4 amide bonds. The topological polar surface area (TPSA) is 131 Å². The van der Waals surface area contributed by atoms with Crippen molar-refractivity contribution in [2.24, 2.45) is 0 Å². The molecule has 3 aromatic carbocycles. The third-order valence-electron chi connectivity index (χ3n) is 5.47. The molecule has 10 nitrogen and oxygen atoms in total. The smallest absolute Gasteiger partial charge is 0.434 e. The van der Waals surface area contributed by atoms with E-state index in [1.807, 2.05) is 0 Å². The Morgan fingerprint density at radius 2 is 1.35 bits per heavy atom. The molecule has 1 aliphatic rings. The number of para-hydroxylation sites is 2. The van der Waals surface area contributed by atoms with E-state index in [2.05, 4.69) is 10.6 Å². The van der Waals surface area contributed by atoms with Crippen LogP contribution in [0, 0.1) is 0 Å². The first-order valence-electron chi connectivity index (χ1n) is 11.5. The molecular formula is C27H23N3O7. The van der Waals surface area contributed by atoms with Gasteiger partial charge in [-0.1, -0.05) is 24.3 Å². The monoisotopic (exact) mass is 501 g/mol. The molecule has 0 fully saturated rings. The molecule has 0 unspecified atom stereocenters. The van der Waals surface area contributed by atoms with Crippen molar-refractivity contribution >= 4 is 41.2 Å². The average Bonchev–Trinajstić information content (AvgIpc) is 3.14. The van der Waals surface area contributed by atoms with E-state index in [0.29, 0.717) is 28.1 Å². The molecule has 188 valence electrons. The van der Waals surface area contributed by atoms with Gasteiger partial charge in [-0.25, -0.2) is 4.79 Å². The number of benzene rings is 3. The van der Waals surface area contributed by atoms with Gasteiger partial charge in [0.25, 0.3) is 17.7 Å². The molecule has 2 N–H and O–H groups in total. The van der Waals surface area contributed by atoms with E-state index in [0.717, 1.165) is 4.90 Å². The van der Waals surface area contributed by atoms with Crippen LogP contribution in [0.3, 0.4) is 0 Å². The van der Waals surface area contributed by atoms with Crippen LogP contribution < -0.4 is 15.4 Å². The van der Waals surface area contributed by atoms with Crippen LogP contribution in [-0.2, 0) is 9.53 Å². The zero-order valence-electron chi connectivity index (χ0n) is 19.9. The number of anilines is 2. The maximum Gasteiger partial charge on any atom is 0.513 e. The summed E-state index contributed by atoms with van der Waals surface area (Å²) < 4.78 is 9.68. The number of rotatable bonds is 8. The first-order chi connectivity index (χ1) is 17.9. The van der Waals surface area contributed by atoms with Gasteiger partial charge in [-0.05, 0) is 55.5 Å². The maximum atomic E-state index is 12.7. The van der Waals surface area contributed by atoms with Gasteiger partial charge in [0.2, 0.25) is 5.91 Å². The van der Waals surface area contributed by atoms with Crippen LogP contribution in [0.15, 0.2) is 72.8 Å². The SMILES string of the molecule is CCOC(=O)Oc1ccc(C(=O)Nc2ccccc2NC(=O)CCN2C(=O)c3ccccc3C2=O)cc1. The molecule has 0 saturated carbocycles. The fourth-order valence-electron chi connectivity index (χ4n) is 3.68. The summed E-state index contributed by atoms with van der Waals surface area (Å²) in [5.41, 5.74) is 1.64. The molecule has 0 radical (unpaired) electrons. The number of carbonyl (C=O) groups excluding carboxylic acids is 5. The van der Waals surface area contributed by atoms with E-state index in [4.69, 9.17) is 9.47 Å². The Bertz CT molecular complexity index is 1330. The number of nitrogens with one attached hydrogen (secondary N) is 2. The van der Waals surface area contributed by atoms with Crippen molar-refractivity contribution in [1.29, 1.82) is 0 Å². The number of hydrogen-bond acceptors (Lipinski definition) is 7. The van der Waals surface area contributed by atoms with Crippen molar-refractivity contribution in [1.82, 2.24) is 4.90 Å². The highest BCUT2D eigenvalue weighted by atomic mass is 16.7. The summed E-state index contributed by atoms with van der Waals surface area (Å²) in [5, 5.41) is 5.44. The molecule has 4 rings (SSSR count). The van der Waals surface area contributed by atoms with Gasteiger partial charge >= 0.3 is 6.16 Å². The number of ether oxygens (including phenoxy) is 2. The lowest BCUT2D eigenvalue weighted by molar-refractivity contribution is -0.116. The molecule has 0 saturated heterocycles. The molecule has 0 spiro atoms. The highest BCUT2D eigenvalue weighted by Gasteiger charge is 2.35.